The number of carbonyl (C=O) groups excluding carboxylic acids is 1. The summed E-state index contributed by atoms with van der Waals surface area (Å²) in [6.45, 7) is 1.80. The second kappa shape index (κ2) is 5.64. The van der Waals surface area contributed by atoms with Crippen LogP contribution in [0.15, 0.2) is 29.6 Å². The van der Waals surface area contributed by atoms with Crippen LogP contribution in [0.2, 0.25) is 0 Å². The number of hydrogen-bond donors (Lipinski definition) is 2. The van der Waals surface area contributed by atoms with Gasteiger partial charge in [-0.25, -0.2) is 0 Å². The lowest BCUT2D eigenvalue weighted by atomic mass is 9.99. The van der Waals surface area contributed by atoms with Gasteiger partial charge in [0.2, 0.25) is 0 Å². The largest absolute Gasteiger partial charge is 0.496 e. The first-order valence-electron chi connectivity index (χ1n) is 6.53. The van der Waals surface area contributed by atoms with Gasteiger partial charge in [0, 0.05) is 23.7 Å². The van der Waals surface area contributed by atoms with Crippen LogP contribution >= 0.6 is 11.3 Å². The molecule has 1 aromatic heterocycles. The quantitative estimate of drug-likeness (QED) is 0.913. The van der Waals surface area contributed by atoms with E-state index in [0.717, 1.165) is 30.9 Å². The fourth-order valence-corrected chi connectivity index (χ4v) is 3.11. The van der Waals surface area contributed by atoms with Crippen molar-refractivity contribution >= 4 is 22.9 Å². The van der Waals surface area contributed by atoms with E-state index < -0.39 is 0 Å². The van der Waals surface area contributed by atoms with E-state index in [1.807, 2.05) is 17.5 Å². The molecule has 2 aromatic rings. The molecule has 1 aliphatic rings. The van der Waals surface area contributed by atoms with Crippen molar-refractivity contribution < 1.29 is 9.53 Å². The van der Waals surface area contributed by atoms with Crippen molar-refractivity contribution in [2.24, 2.45) is 0 Å². The van der Waals surface area contributed by atoms with E-state index in [1.165, 1.54) is 22.5 Å². The summed E-state index contributed by atoms with van der Waals surface area (Å²) in [5, 5.41) is 8.17. The Kier molecular flexibility index (Phi) is 3.71. The number of methoxy groups -OCH3 is 1. The highest BCUT2D eigenvalue weighted by molar-refractivity contribution is 7.12. The highest BCUT2D eigenvalue weighted by atomic mass is 32.1. The molecule has 2 heterocycles. The van der Waals surface area contributed by atoms with Gasteiger partial charge in [0.25, 0.3) is 5.91 Å². The Bertz CT molecular complexity index is 637. The number of carbonyl (C=O) groups is 1. The van der Waals surface area contributed by atoms with E-state index in [0.29, 0.717) is 4.88 Å². The molecule has 2 N–H and O–H groups in total. The summed E-state index contributed by atoms with van der Waals surface area (Å²) in [6, 6.07) is 7.83. The molecule has 0 unspecified atom stereocenters. The smallest absolute Gasteiger partial charge is 0.265 e. The van der Waals surface area contributed by atoms with Crippen molar-refractivity contribution in [3.63, 3.8) is 0 Å². The Balaban J connectivity index is 1.82. The number of benzene rings is 1. The Morgan fingerprint density at radius 1 is 1.45 bits per heavy atom. The molecule has 1 amide bonds. The Morgan fingerprint density at radius 2 is 2.35 bits per heavy atom. The lowest BCUT2D eigenvalue weighted by Crippen LogP contribution is -2.25. The van der Waals surface area contributed by atoms with Gasteiger partial charge in [-0.3, -0.25) is 4.79 Å². The van der Waals surface area contributed by atoms with Gasteiger partial charge in [-0.05, 0) is 30.2 Å². The summed E-state index contributed by atoms with van der Waals surface area (Å²) in [5.41, 5.74) is 3.40. The molecule has 20 heavy (non-hydrogen) atoms. The van der Waals surface area contributed by atoms with Crippen LogP contribution in [0.4, 0.5) is 5.69 Å². The number of anilines is 1. The van der Waals surface area contributed by atoms with Crippen molar-refractivity contribution in [1.29, 1.82) is 0 Å². The van der Waals surface area contributed by atoms with Crippen molar-refractivity contribution in [2.75, 3.05) is 19.0 Å². The highest BCUT2D eigenvalue weighted by Crippen LogP contribution is 2.26. The third-order valence-corrected chi connectivity index (χ3v) is 4.34. The van der Waals surface area contributed by atoms with Crippen LogP contribution in [0, 0.1) is 0 Å². The number of thiophene rings is 1. The molecule has 0 spiro atoms. The minimum Gasteiger partial charge on any atom is -0.496 e. The zero-order valence-corrected chi connectivity index (χ0v) is 12.0. The highest BCUT2D eigenvalue weighted by Gasteiger charge is 2.15. The number of nitrogens with one attached hydrogen (secondary N) is 2. The summed E-state index contributed by atoms with van der Waals surface area (Å²) < 4.78 is 5.11. The van der Waals surface area contributed by atoms with E-state index in [-0.39, 0.29) is 5.91 Å². The number of hydrogen-bond acceptors (Lipinski definition) is 4. The predicted molar refractivity (Wildman–Crippen MR) is 80.7 cm³/mol. The second-order valence-electron chi connectivity index (χ2n) is 4.67. The molecular formula is C15H16N2O2S. The predicted octanol–water partition coefficient (Wildman–Crippen LogP) is 2.65. The first kappa shape index (κ1) is 13.1. The minimum absolute atomic E-state index is 0.0859. The van der Waals surface area contributed by atoms with Gasteiger partial charge in [0.05, 0.1) is 12.0 Å². The van der Waals surface area contributed by atoms with Gasteiger partial charge in [-0.1, -0.05) is 12.1 Å². The van der Waals surface area contributed by atoms with E-state index in [1.54, 1.807) is 13.2 Å². The van der Waals surface area contributed by atoms with Gasteiger partial charge in [-0.15, -0.1) is 11.3 Å². The molecular weight excluding hydrogens is 272 g/mol. The molecule has 0 atom stereocenters. The summed E-state index contributed by atoms with van der Waals surface area (Å²) >= 11 is 1.39. The van der Waals surface area contributed by atoms with E-state index >= 15 is 0 Å². The van der Waals surface area contributed by atoms with Gasteiger partial charge < -0.3 is 15.4 Å². The van der Waals surface area contributed by atoms with E-state index in [4.69, 9.17) is 4.74 Å². The summed E-state index contributed by atoms with van der Waals surface area (Å²) in [5.74, 6) is 0.634. The Labute approximate surface area is 121 Å². The first-order valence-corrected chi connectivity index (χ1v) is 7.41. The summed E-state index contributed by atoms with van der Waals surface area (Å²) in [4.78, 5) is 12.9. The Hall–Kier alpha value is -1.85. The first-order chi connectivity index (χ1) is 9.78. The van der Waals surface area contributed by atoms with Gasteiger partial charge in [-0.2, -0.15) is 0 Å². The fourth-order valence-electron chi connectivity index (χ4n) is 2.36. The van der Waals surface area contributed by atoms with Crippen molar-refractivity contribution in [3.05, 3.63) is 45.6 Å². The molecule has 0 saturated carbocycles. The number of fused-ring (bicyclic) bond motifs is 1. The molecule has 1 aromatic carbocycles. The van der Waals surface area contributed by atoms with E-state index in [9.17, 15) is 4.79 Å². The molecule has 0 saturated heterocycles. The normalized spacial score (nSPS) is 13.7. The zero-order chi connectivity index (χ0) is 13.9. The average molecular weight is 288 g/mol. The maximum atomic E-state index is 12.3. The van der Waals surface area contributed by atoms with Crippen LogP contribution in [0.3, 0.4) is 0 Å². The number of ether oxygens (including phenoxy) is 1. The maximum absolute atomic E-state index is 12.3. The van der Waals surface area contributed by atoms with Crippen LogP contribution in [0.25, 0.3) is 0 Å². The molecule has 1 aliphatic heterocycles. The fraction of sp³-hybridized carbons (Fsp3) is 0.267. The Morgan fingerprint density at radius 3 is 3.15 bits per heavy atom. The van der Waals surface area contributed by atoms with Gasteiger partial charge >= 0.3 is 0 Å². The summed E-state index contributed by atoms with van der Waals surface area (Å²) in [6.07, 6.45) is 1.01. The molecule has 4 nitrogen and oxygen atoms in total. The van der Waals surface area contributed by atoms with E-state index in [2.05, 4.69) is 16.7 Å². The molecule has 3 rings (SSSR count). The monoisotopic (exact) mass is 288 g/mol. The van der Waals surface area contributed by atoms with Gasteiger partial charge in [0.15, 0.2) is 0 Å². The molecule has 0 aliphatic carbocycles. The molecule has 5 heteroatoms. The third-order valence-electron chi connectivity index (χ3n) is 3.43. The average Bonchev–Trinajstić information content (AvgIpc) is 2.97. The number of amides is 1. The maximum Gasteiger partial charge on any atom is 0.265 e. The topological polar surface area (TPSA) is 50.4 Å². The van der Waals surface area contributed by atoms with Crippen molar-refractivity contribution in [2.45, 2.75) is 13.0 Å². The molecule has 0 bridgehead atoms. The zero-order valence-electron chi connectivity index (χ0n) is 11.2. The van der Waals surface area contributed by atoms with Crippen LogP contribution in [0.1, 0.15) is 20.8 Å². The van der Waals surface area contributed by atoms with Crippen molar-refractivity contribution in [3.8, 4) is 5.75 Å². The second-order valence-corrected chi connectivity index (χ2v) is 5.59. The third kappa shape index (κ3) is 2.55. The molecule has 0 radical (unpaired) electrons. The van der Waals surface area contributed by atoms with Crippen LogP contribution in [-0.2, 0) is 13.0 Å². The lowest BCUT2D eigenvalue weighted by molar-refractivity contribution is 0.103. The van der Waals surface area contributed by atoms with Crippen LogP contribution in [0.5, 0.6) is 5.75 Å². The van der Waals surface area contributed by atoms with Crippen LogP contribution < -0.4 is 15.4 Å². The lowest BCUT2D eigenvalue weighted by Gasteiger charge is -2.20. The standard InChI is InChI=1S/C15H16N2O2S/c1-19-11-7-14(20-9-11)15(18)17-13-4-2-3-10-5-6-16-8-12(10)13/h2-4,7,9,16H,5-6,8H2,1H3,(H,17,18). The molecule has 104 valence electrons. The minimum atomic E-state index is -0.0859. The van der Waals surface area contributed by atoms with Crippen LogP contribution in [-0.4, -0.2) is 19.6 Å². The van der Waals surface area contributed by atoms with Crippen molar-refractivity contribution in [1.82, 2.24) is 5.32 Å². The summed E-state index contributed by atoms with van der Waals surface area (Å²) in [7, 11) is 1.60. The number of rotatable bonds is 3. The van der Waals surface area contributed by atoms with Gasteiger partial charge in [0.1, 0.15) is 5.75 Å². The molecule has 0 fully saturated rings. The SMILES string of the molecule is COc1csc(C(=O)Nc2cccc3c2CNCC3)c1.